The first kappa shape index (κ1) is 17.3. The van der Waals surface area contributed by atoms with Crippen LogP contribution in [0.25, 0.3) is 0 Å². The fourth-order valence-electron chi connectivity index (χ4n) is 3.31. The van der Waals surface area contributed by atoms with Crippen LogP contribution in [0.4, 0.5) is 0 Å². The topological polar surface area (TPSA) is 38.8 Å². The largest absolute Gasteiger partial charge is 0.497 e. The van der Waals surface area contributed by atoms with Gasteiger partial charge < -0.3 is 14.4 Å². The Balaban J connectivity index is 1.68. The van der Waals surface area contributed by atoms with Gasteiger partial charge in [0, 0.05) is 6.54 Å². The van der Waals surface area contributed by atoms with E-state index in [1.807, 2.05) is 36.1 Å². The Morgan fingerprint density at radius 2 is 1.72 bits per heavy atom. The van der Waals surface area contributed by atoms with E-state index in [1.165, 1.54) is 11.1 Å². The van der Waals surface area contributed by atoms with Crippen molar-refractivity contribution >= 4 is 5.91 Å². The Morgan fingerprint density at radius 3 is 2.36 bits per heavy atom. The second-order valence-electron chi connectivity index (χ2n) is 6.54. The van der Waals surface area contributed by atoms with Crippen molar-refractivity contribution in [3.05, 3.63) is 59.7 Å². The van der Waals surface area contributed by atoms with Crippen LogP contribution in [0.2, 0.25) is 0 Å². The van der Waals surface area contributed by atoms with Crippen LogP contribution in [-0.2, 0) is 4.79 Å². The third kappa shape index (κ3) is 3.95. The molecule has 2 atom stereocenters. The highest BCUT2D eigenvalue weighted by molar-refractivity contribution is 5.81. The van der Waals surface area contributed by atoms with E-state index in [9.17, 15) is 4.79 Å². The number of amides is 1. The second kappa shape index (κ2) is 7.60. The van der Waals surface area contributed by atoms with Gasteiger partial charge >= 0.3 is 0 Å². The Hall–Kier alpha value is -2.49. The molecule has 1 fully saturated rings. The van der Waals surface area contributed by atoms with Gasteiger partial charge in [-0.1, -0.05) is 29.8 Å². The molecule has 132 valence electrons. The number of hydrogen-bond acceptors (Lipinski definition) is 3. The molecule has 0 aliphatic carbocycles. The number of methoxy groups -OCH3 is 1. The summed E-state index contributed by atoms with van der Waals surface area (Å²) in [5.74, 6) is 1.48. The molecule has 1 heterocycles. The lowest BCUT2D eigenvalue weighted by Crippen LogP contribution is -2.40. The molecule has 0 aromatic heterocycles. The Labute approximate surface area is 149 Å². The molecule has 2 aromatic carbocycles. The van der Waals surface area contributed by atoms with Gasteiger partial charge in [-0.3, -0.25) is 4.79 Å². The monoisotopic (exact) mass is 339 g/mol. The van der Waals surface area contributed by atoms with Crippen molar-refractivity contribution < 1.29 is 14.3 Å². The van der Waals surface area contributed by atoms with E-state index in [4.69, 9.17) is 9.47 Å². The molecule has 1 amide bonds. The number of ether oxygens (including phenoxy) is 2. The zero-order chi connectivity index (χ0) is 17.8. The first-order valence-corrected chi connectivity index (χ1v) is 8.76. The van der Waals surface area contributed by atoms with Gasteiger partial charge in [0.25, 0.3) is 5.91 Å². The summed E-state index contributed by atoms with van der Waals surface area (Å²) in [6, 6.07) is 15.9. The van der Waals surface area contributed by atoms with Crippen molar-refractivity contribution in [1.82, 2.24) is 4.90 Å². The molecule has 4 nitrogen and oxygen atoms in total. The molecule has 0 bridgehead atoms. The third-order valence-corrected chi connectivity index (χ3v) is 4.72. The van der Waals surface area contributed by atoms with E-state index < -0.39 is 6.10 Å². The van der Waals surface area contributed by atoms with Gasteiger partial charge in [0.2, 0.25) is 0 Å². The molecule has 25 heavy (non-hydrogen) atoms. The smallest absolute Gasteiger partial charge is 0.263 e. The van der Waals surface area contributed by atoms with E-state index >= 15 is 0 Å². The molecule has 0 saturated carbocycles. The summed E-state index contributed by atoms with van der Waals surface area (Å²) in [5, 5.41) is 0. The number of rotatable bonds is 5. The van der Waals surface area contributed by atoms with E-state index in [2.05, 4.69) is 31.2 Å². The van der Waals surface area contributed by atoms with Crippen molar-refractivity contribution in [3.8, 4) is 11.5 Å². The average Bonchev–Trinajstić information content (AvgIpc) is 3.12. The fourth-order valence-corrected chi connectivity index (χ4v) is 3.31. The SMILES string of the molecule is COc1ccc(O[C@@H](C)C(=O)N2CCC[C@@H]2c2ccc(C)cc2)cc1. The average molecular weight is 339 g/mol. The van der Waals surface area contributed by atoms with Gasteiger partial charge in [0.15, 0.2) is 6.10 Å². The van der Waals surface area contributed by atoms with Crippen molar-refractivity contribution in [2.24, 2.45) is 0 Å². The molecule has 4 heteroatoms. The predicted octanol–water partition coefficient (Wildman–Crippen LogP) is 4.13. The highest BCUT2D eigenvalue weighted by atomic mass is 16.5. The van der Waals surface area contributed by atoms with E-state index in [0.29, 0.717) is 5.75 Å². The van der Waals surface area contributed by atoms with E-state index in [1.54, 1.807) is 7.11 Å². The first-order chi connectivity index (χ1) is 12.1. The molecule has 1 aliphatic rings. The molecule has 0 radical (unpaired) electrons. The maximum Gasteiger partial charge on any atom is 0.263 e. The summed E-state index contributed by atoms with van der Waals surface area (Å²) >= 11 is 0. The highest BCUT2D eigenvalue weighted by Gasteiger charge is 2.33. The standard InChI is InChI=1S/C21H25NO3/c1-15-6-8-17(9-7-15)20-5-4-14-22(20)21(23)16(2)25-19-12-10-18(24-3)11-13-19/h6-13,16,20H,4-5,14H2,1-3H3/t16-,20+/m0/s1. The Kier molecular flexibility index (Phi) is 5.27. The minimum Gasteiger partial charge on any atom is -0.497 e. The van der Waals surface area contributed by atoms with E-state index in [0.717, 1.165) is 25.1 Å². The van der Waals surface area contributed by atoms with Crippen LogP contribution in [0, 0.1) is 6.92 Å². The lowest BCUT2D eigenvalue weighted by atomic mass is 10.0. The van der Waals surface area contributed by atoms with Gasteiger partial charge in [0.05, 0.1) is 13.2 Å². The number of likely N-dealkylation sites (tertiary alicyclic amines) is 1. The van der Waals surface area contributed by atoms with Crippen molar-refractivity contribution in [1.29, 1.82) is 0 Å². The van der Waals surface area contributed by atoms with Gasteiger partial charge in [-0.2, -0.15) is 0 Å². The number of carbonyl (C=O) groups excluding carboxylic acids is 1. The van der Waals surface area contributed by atoms with Crippen LogP contribution in [-0.4, -0.2) is 30.6 Å². The van der Waals surface area contributed by atoms with Crippen LogP contribution >= 0.6 is 0 Å². The Bertz CT molecular complexity index is 709. The summed E-state index contributed by atoms with van der Waals surface area (Å²) in [7, 11) is 1.63. The van der Waals surface area contributed by atoms with Crippen LogP contribution in [0.3, 0.4) is 0 Å². The third-order valence-electron chi connectivity index (χ3n) is 4.72. The van der Waals surface area contributed by atoms with Crippen LogP contribution in [0.5, 0.6) is 11.5 Å². The van der Waals surface area contributed by atoms with Crippen molar-refractivity contribution in [2.45, 2.75) is 38.8 Å². The van der Waals surface area contributed by atoms with Crippen molar-refractivity contribution in [3.63, 3.8) is 0 Å². The predicted molar refractivity (Wildman–Crippen MR) is 98.0 cm³/mol. The Morgan fingerprint density at radius 1 is 1.08 bits per heavy atom. The van der Waals surface area contributed by atoms with Crippen LogP contribution < -0.4 is 9.47 Å². The normalized spacial score (nSPS) is 18.0. The summed E-state index contributed by atoms with van der Waals surface area (Å²) in [5.41, 5.74) is 2.43. The van der Waals surface area contributed by atoms with Gasteiger partial charge in [-0.15, -0.1) is 0 Å². The van der Waals surface area contributed by atoms with E-state index in [-0.39, 0.29) is 11.9 Å². The highest BCUT2D eigenvalue weighted by Crippen LogP contribution is 2.33. The quantitative estimate of drug-likeness (QED) is 0.822. The minimum absolute atomic E-state index is 0.0406. The van der Waals surface area contributed by atoms with Gasteiger partial charge in [-0.05, 0) is 56.5 Å². The van der Waals surface area contributed by atoms with Crippen LogP contribution in [0.1, 0.15) is 36.9 Å². The van der Waals surface area contributed by atoms with Gasteiger partial charge in [-0.25, -0.2) is 0 Å². The fraction of sp³-hybridized carbons (Fsp3) is 0.381. The number of nitrogens with zero attached hydrogens (tertiary/aromatic N) is 1. The molecule has 1 saturated heterocycles. The summed E-state index contributed by atoms with van der Waals surface area (Å²) in [6.45, 7) is 4.68. The summed E-state index contributed by atoms with van der Waals surface area (Å²) in [6.07, 6.45) is 1.52. The zero-order valence-electron chi connectivity index (χ0n) is 15.1. The van der Waals surface area contributed by atoms with Gasteiger partial charge in [0.1, 0.15) is 11.5 Å². The number of benzene rings is 2. The molecule has 3 rings (SSSR count). The summed E-state index contributed by atoms with van der Waals surface area (Å²) < 4.78 is 11.0. The van der Waals surface area contributed by atoms with Crippen molar-refractivity contribution in [2.75, 3.05) is 13.7 Å². The molecular formula is C21H25NO3. The molecule has 0 unspecified atom stereocenters. The minimum atomic E-state index is -0.514. The molecular weight excluding hydrogens is 314 g/mol. The number of aryl methyl sites for hydroxylation is 1. The number of carbonyl (C=O) groups is 1. The zero-order valence-corrected chi connectivity index (χ0v) is 15.1. The molecule has 0 N–H and O–H groups in total. The lowest BCUT2D eigenvalue weighted by molar-refractivity contribution is -0.138. The summed E-state index contributed by atoms with van der Waals surface area (Å²) in [4.78, 5) is 14.9. The lowest BCUT2D eigenvalue weighted by Gasteiger charge is -2.28. The van der Waals surface area contributed by atoms with Crippen LogP contribution in [0.15, 0.2) is 48.5 Å². The molecule has 1 aliphatic heterocycles. The first-order valence-electron chi connectivity index (χ1n) is 8.76. The molecule has 0 spiro atoms. The second-order valence-corrected chi connectivity index (χ2v) is 6.54. The maximum atomic E-state index is 12.9. The maximum absolute atomic E-state index is 12.9. The number of hydrogen-bond donors (Lipinski definition) is 0. The molecule has 2 aromatic rings.